The lowest BCUT2D eigenvalue weighted by Crippen LogP contribution is -2.35. The second kappa shape index (κ2) is 9.11. The maximum Gasteiger partial charge on any atom is 0.490 e. The molecule has 9 heteroatoms. The Kier molecular flexibility index (Phi) is 7.50. The highest BCUT2D eigenvalue weighted by atomic mass is 19.4. The Morgan fingerprint density at radius 1 is 1.25 bits per heavy atom. The molecule has 0 saturated carbocycles. The smallest absolute Gasteiger partial charge is 0.475 e. The number of nitrogens with two attached hydrogens (primary N) is 1. The second-order valence-corrected chi connectivity index (χ2v) is 5.04. The van der Waals surface area contributed by atoms with Crippen LogP contribution in [0, 0.1) is 0 Å². The summed E-state index contributed by atoms with van der Waals surface area (Å²) in [7, 11) is 0. The van der Waals surface area contributed by atoms with Gasteiger partial charge in [-0.25, -0.2) is 9.86 Å². The molecule has 0 unspecified atom stereocenters. The minimum atomic E-state index is -5.08. The molecule has 1 aliphatic heterocycles. The summed E-state index contributed by atoms with van der Waals surface area (Å²) in [6.45, 7) is 1.36. The molecule has 0 aliphatic carbocycles. The van der Waals surface area contributed by atoms with E-state index in [4.69, 9.17) is 20.5 Å². The number of amides is 1. The van der Waals surface area contributed by atoms with Crippen molar-refractivity contribution >= 4 is 17.6 Å². The molecule has 1 amide bonds. The summed E-state index contributed by atoms with van der Waals surface area (Å²) in [5.41, 5.74) is 7.60. The Labute approximate surface area is 136 Å². The number of nitrogen functional groups attached to an aromatic ring is 1. The summed E-state index contributed by atoms with van der Waals surface area (Å²) in [5.74, 6) is -2.71. The first-order valence-electron chi connectivity index (χ1n) is 7.28. The lowest BCUT2D eigenvalue weighted by molar-refractivity contribution is -0.197. The van der Waals surface area contributed by atoms with E-state index in [0.29, 0.717) is 26.0 Å². The molecule has 1 heterocycles. The van der Waals surface area contributed by atoms with E-state index >= 15 is 0 Å². The first kappa shape index (κ1) is 19.8. The van der Waals surface area contributed by atoms with E-state index in [1.807, 2.05) is 24.3 Å². The molecule has 6 nitrogen and oxygen atoms in total. The van der Waals surface area contributed by atoms with Gasteiger partial charge < -0.3 is 10.8 Å². The summed E-state index contributed by atoms with van der Waals surface area (Å²) in [4.78, 5) is 26.0. The lowest BCUT2D eigenvalue weighted by Gasteiger charge is -2.25. The fraction of sp³-hybridized carbons (Fsp3) is 0.467. The third-order valence-electron chi connectivity index (χ3n) is 3.19. The number of alkyl halides is 3. The van der Waals surface area contributed by atoms with Gasteiger partial charge >= 0.3 is 12.1 Å². The van der Waals surface area contributed by atoms with Gasteiger partial charge in [-0.3, -0.25) is 9.63 Å². The van der Waals surface area contributed by atoms with Crippen LogP contribution in [-0.4, -0.2) is 41.4 Å². The molecule has 2 rings (SSSR count). The summed E-state index contributed by atoms with van der Waals surface area (Å²) in [5, 5.41) is 8.61. The molecule has 0 radical (unpaired) electrons. The standard InChI is InChI=1S/C13H18N2O2.C2HF3O2/c14-12-6-2-1-5-11(12)7-8-13(16)15-9-3-4-10-17-15;3-2(4,5)1(6)7/h1-2,5-6H,3-4,7-10,14H2;(H,6,7). The number of hydroxylamine groups is 2. The summed E-state index contributed by atoms with van der Waals surface area (Å²) in [6, 6.07) is 7.65. The first-order valence-corrected chi connectivity index (χ1v) is 7.28. The predicted octanol–water partition coefficient (Wildman–Crippen LogP) is 2.39. The van der Waals surface area contributed by atoms with Gasteiger partial charge in [-0.05, 0) is 30.9 Å². The largest absolute Gasteiger partial charge is 0.490 e. The minimum Gasteiger partial charge on any atom is -0.475 e. The van der Waals surface area contributed by atoms with Crippen molar-refractivity contribution in [3.05, 3.63) is 29.8 Å². The van der Waals surface area contributed by atoms with Crippen molar-refractivity contribution in [1.29, 1.82) is 0 Å². The number of anilines is 1. The average Bonchev–Trinajstić information content (AvgIpc) is 2.54. The van der Waals surface area contributed by atoms with Crippen LogP contribution >= 0.6 is 0 Å². The van der Waals surface area contributed by atoms with Crippen LogP contribution in [0.3, 0.4) is 0 Å². The molecule has 0 bridgehead atoms. The van der Waals surface area contributed by atoms with Crippen LogP contribution in [0.2, 0.25) is 0 Å². The highest BCUT2D eigenvalue weighted by Crippen LogP contribution is 2.15. The van der Waals surface area contributed by atoms with Crippen LogP contribution in [0.5, 0.6) is 0 Å². The number of carboxylic acids is 1. The number of para-hydroxylation sites is 1. The molecule has 1 fully saturated rings. The van der Waals surface area contributed by atoms with E-state index in [9.17, 15) is 18.0 Å². The Bertz CT molecular complexity index is 558. The quantitative estimate of drug-likeness (QED) is 0.818. The number of rotatable bonds is 3. The first-order chi connectivity index (χ1) is 11.2. The zero-order valence-corrected chi connectivity index (χ0v) is 12.9. The average molecular weight is 348 g/mol. The van der Waals surface area contributed by atoms with Crippen molar-refractivity contribution in [2.75, 3.05) is 18.9 Å². The van der Waals surface area contributed by atoms with Crippen molar-refractivity contribution in [2.45, 2.75) is 31.9 Å². The van der Waals surface area contributed by atoms with Crippen molar-refractivity contribution in [3.63, 3.8) is 0 Å². The third-order valence-corrected chi connectivity index (χ3v) is 3.19. The maximum atomic E-state index is 11.8. The Morgan fingerprint density at radius 3 is 2.38 bits per heavy atom. The number of hydrogen-bond acceptors (Lipinski definition) is 4. The van der Waals surface area contributed by atoms with Gasteiger partial charge in [-0.2, -0.15) is 13.2 Å². The number of carbonyl (C=O) groups is 2. The molecule has 1 aliphatic rings. The van der Waals surface area contributed by atoms with E-state index in [0.717, 1.165) is 24.1 Å². The number of aliphatic carboxylic acids is 1. The number of aryl methyl sites for hydroxylation is 1. The summed E-state index contributed by atoms with van der Waals surface area (Å²) < 4.78 is 31.7. The van der Waals surface area contributed by atoms with Gasteiger partial charge in [0.05, 0.1) is 6.61 Å². The normalized spacial score (nSPS) is 14.5. The zero-order valence-electron chi connectivity index (χ0n) is 12.9. The van der Waals surface area contributed by atoms with Crippen LogP contribution in [0.1, 0.15) is 24.8 Å². The number of halogens is 3. The van der Waals surface area contributed by atoms with Crippen molar-refractivity contribution in [1.82, 2.24) is 5.06 Å². The molecular formula is C15H19F3N2O4. The van der Waals surface area contributed by atoms with Gasteiger partial charge in [0.25, 0.3) is 0 Å². The van der Waals surface area contributed by atoms with E-state index in [2.05, 4.69) is 0 Å². The summed E-state index contributed by atoms with van der Waals surface area (Å²) >= 11 is 0. The van der Waals surface area contributed by atoms with Crippen LogP contribution in [0.15, 0.2) is 24.3 Å². The monoisotopic (exact) mass is 348 g/mol. The van der Waals surface area contributed by atoms with Gasteiger partial charge in [0.2, 0.25) is 5.91 Å². The van der Waals surface area contributed by atoms with E-state index in [1.165, 1.54) is 5.06 Å². The molecule has 1 aromatic rings. The molecule has 0 atom stereocenters. The van der Waals surface area contributed by atoms with Crippen LogP contribution in [-0.2, 0) is 20.8 Å². The topological polar surface area (TPSA) is 92.9 Å². The lowest BCUT2D eigenvalue weighted by atomic mass is 10.1. The number of hydrogen-bond donors (Lipinski definition) is 2. The van der Waals surface area contributed by atoms with Gasteiger partial charge in [0, 0.05) is 18.7 Å². The van der Waals surface area contributed by atoms with Gasteiger partial charge in [0.15, 0.2) is 0 Å². The van der Waals surface area contributed by atoms with Gasteiger partial charge in [-0.1, -0.05) is 18.2 Å². The zero-order chi connectivity index (χ0) is 18.2. The van der Waals surface area contributed by atoms with Gasteiger partial charge in [0.1, 0.15) is 0 Å². The number of benzene rings is 1. The van der Waals surface area contributed by atoms with E-state index < -0.39 is 12.1 Å². The highest BCUT2D eigenvalue weighted by molar-refractivity contribution is 5.75. The van der Waals surface area contributed by atoms with Crippen molar-refractivity contribution in [3.8, 4) is 0 Å². The van der Waals surface area contributed by atoms with Crippen LogP contribution < -0.4 is 5.73 Å². The Balaban J connectivity index is 0.000000351. The highest BCUT2D eigenvalue weighted by Gasteiger charge is 2.38. The van der Waals surface area contributed by atoms with Crippen LogP contribution in [0.25, 0.3) is 0 Å². The maximum absolute atomic E-state index is 11.8. The Morgan fingerprint density at radius 2 is 1.88 bits per heavy atom. The van der Waals surface area contributed by atoms with Crippen molar-refractivity contribution in [2.24, 2.45) is 0 Å². The van der Waals surface area contributed by atoms with Gasteiger partial charge in [-0.15, -0.1) is 0 Å². The SMILES string of the molecule is Nc1ccccc1CCC(=O)N1CCCCO1.O=C(O)C(F)(F)F. The predicted molar refractivity (Wildman–Crippen MR) is 79.8 cm³/mol. The molecule has 3 N–H and O–H groups in total. The fourth-order valence-electron chi connectivity index (χ4n) is 1.92. The molecule has 1 saturated heterocycles. The molecule has 0 aromatic heterocycles. The Hall–Kier alpha value is -2.29. The third kappa shape index (κ3) is 6.86. The molecule has 1 aromatic carbocycles. The number of carboxylic acid groups (broad SMARTS) is 1. The summed E-state index contributed by atoms with van der Waals surface area (Å²) in [6.07, 6.45) is -1.89. The number of carbonyl (C=O) groups excluding carboxylic acids is 1. The second-order valence-electron chi connectivity index (χ2n) is 5.04. The fourth-order valence-corrected chi connectivity index (χ4v) is 1.92. The molecular weight excluding hydrogens is 329 g/mol. The molecule has 134 valence electrons. The minimum absolute atomic E-state index is 0.0490. The van der Waals surface area contributed by atoms with E-state index in [1.54, 1.807) is 0 Å². The number of nitrogens with zero attached hydrogens (tertiary/aromatic N) is 1. The van der Waals surface area contributed by atoms with Crippen molar-refractivity contribution < 1.29 is 32.7 Å². The molecule has 0 spiro atoms. The molecule has 24 heavy (non-hydrogen) atoms. The van der Waals surface area contributed by atoms with Crippen LogP contribution in [0.4, 0.5) is 18.9 Å². The van der Waals surface area contributed by atoms with E-state index in [-0.39, 0.29) is 5.91 Å².